The van der Waals surface area contributed by atoms with E-state index in [0.29, 0.717) is 16.9 Å². The second-order valence-electron chi connectivity index (χ2n) is 12.2. The Hall–Kier alpha value is -3.54. The highest BCUT2D eigenvalue weighted by Gasteiger charge is 2.63. The zero-order chi connectivity index (χ0) is 30.1. The predicted molar refractivity (Wildman–Crippen MR) is 143 cm³/mol. The first-order valence-electron chi connectivity index (χ1n) is 13.6. The molecule has 0 bridgehead atoms. The number of hydrogen-bond acceptors (Lipinski definition) is 5. The Balaban J connectivity index is 1.37. The summed E-state index contributed by atoms with van der Waals surface area (Å²) in [6.07, 6.45) is -4.52. The number of nitrogens with zero attached hydrogens (tertiary/aromatic N) is 5. The molecule has 2 amide bonds. The molecular formula is C29H33F4N5O3. The molecule has 12 heteroatoms. The first-order chi connectivity index (χ1) is 19.0. The van der Waals surface area contributed by atoms with Crippen molar-refractivity contribution in [1.82, 2.24) is 24.4 Å². The quantitative estimate of drug-likeness (QED) is 0.454. The number of imidazole rings is 1. The maximum atomic E-state index is 13.9. The third kappa shape index (κ3) is 5.06. The minimum atomic E-state index is -4.77. The van der Waals surface area contributed by atoms with E-state index in [0.717, 1.165) is 11.1 Å². The Kier molecular flexibility index (Phi) is 6.91. The standard InChI is InChI=1S/C29H33F4N5O3/c1-16(2)20-11-22(18-6-7-21(30)17(3)10-18)35-38-14-23(34-24(20)38)26(40)37-9-8-36(15-27(37,4)5)25(39)19-12-28(41,13-19)29(31,32)33/h6-7,10-11,14,16,19,41H,8-9,12-13,15H2,1-5H3. The number of alkyl halides is 3. The van der Waals surface area contributed by atoms with E-state index in [1.165, 1.54) is 11.0 Å². The van der Waals surface area contributed by atoms with E-state index in [9.17, 15) is 32.3 Å². The molecule has 220 valence electrons. The number of aliphatic hydroxyl groups is 1. The predicted octanol–water partition coefficient (Wildman–Crippen LogP) is 4.73. The van der Waals surface area contributed by atoms with Gasteiger partial charge >= 0.3 is 6.18 Å². The van der Waals surface area contributed by atoms with Crippen LogP contribution in [0.1, 0.15) is 68.1 Å². The lowest BCUT2D eigenvalue weighted by molar-refractivity contribution is -0.297. The highest BCUT2D eigenvalue weighted by Crippen LogP contribution is 2.49. The third-order valence-corrected chi connectivity index (χ3v) is 8.25. The summed E-state index contributed by atoms with van der Waals surface area (Å²) in [5.41, 5.74) is -0.236. The van der Waals surface area contributed by atoms with Gasteiger partial charge in [0.1, 0.15) is 11.5 Å². The van der Waals surface area contributed by atoms with Gasteiger partial charge in [0.15, 0.2) is 11.2 Å². The Morgan fingerprint density at radius 1 is 1.12 bits per heavy atom. The van der Waals surface area contributed by atoms with Crippen molar-refractivity contribution in [2.75, 3.05) is 19.6 Å². The van der Waals surface area contributed by atoms with Crippen molar-refractivity contribution in [3.8, 4) is 11.3 Å². The van der Waals surface area contributed by atoms with Gasteiger partial charge < -0.3 is 14.9 Å². The molecule has 1 aliphatic carbocycles. The number of halogens is 4. The zero-order valence-electron chi connectivity index (χ0n) is 23.6. The van der Waals surface area contributed by atoms with Gasteiger partial charge in [-0.1, -0.05) is 13.8 Å². The number of piperazine rings is 1. The first-order valence-corrected chi connectivity index (χ1v) is 13.6. The summed E-state index contributed by atoms with van der Waals surface area (Å²) in [7, 11) is 0. The molecule has 5 rings (SSSR count). The van der Waals surface area contributed by atoms with Crippen LogP contribution in [0.3, 0.4) is 0 Å². The molecule has 3 heterocycles. The molecule has 1 N–H and O–H groups in total. The molecule has 0 unspecified atom stereocenters. The van der Waals surface area contributed by atoms with Gasteiger partial charge in [0.25, 0.3) is 5.91 Å². The second kappa shape index (κ2) is 9.78. The summed E-state index contributed by atoms with van der Waals surface area (Å²) in [4.78, 5) is 34.3. The fraction of sp³-hybridized carbons (Fsp3) is 0.517. The van der Waals surface area contributed by atoms with Crippen LogP contribution in [0.5, 0.6) is 0 Å². The summed E-state index contributed by atoms with van der Waals surface area (Å²) >= 11 is 0. The molecule has 2 aromatic heterocycles. The molecular weight excluding hydrogens is 542 g/mol. The number of benzene rings is 1. The number of hydrogen-bond donors (Lipinski definition) is 1. The number of amides is 2. The van der Waals surface area contributed by atoms with Gasteiger partial charge in [0, 0.05) is 36.7 Å². The molecule has 2 fully saturated rings. The average molecular weight is 576 g/mol. The molecule has 2 aliphatic rings. The van der Waals surface area contributed by atoms with Crippen molar-refractivity contribution in [3.63, 3.8) is 0 Å². The number of aromatic nitrogens is 3. The van der Waals surface area contributed by atoms with E-state index in [4.69, 9.17) is 0 Å². The highest BCUT2D eigenvalue weighted by atomic mass is 19.4. The first kappa shape index (κ1) is 29.0. The maximum absolute atomic E-state index is 13.9. The summed E-state index contributed by atoms with van der Waals surface area (Å²) < 4.78 is 54.5. The Labute approximate surface area is 235 Å². The number of carbonyl (C=O) groups is 2. The minimum Gasteiger partial charge on any atom is -0.380 e. The topological polar surface area (TPSA) is 91.0 Å². The molecule has 8 nitrogen and oxygen atoms in total. The summed E-state index contributed by atoms with van der Waals surface area (Å²) in [5, 5.41) is 14.4. The van der Waals surface area contributed by atoms with E-state index in [1.54, 1.807) is 48.5 Å². The Bertz CT molecular complexity index is 1520. The monoisotopic (exact) mass is 575 g/mol. The van der Waals surface area contributed by atoms with E-state index in [1.807, 2.05) is 19.9 Å². The summed E-state index contributed by atoms with van der Waals surface area (Å²) in [6.45, 7) is 9.73. The van der Waals surface area contributed by atoms with Crippen LogP contribution in [0.2, 0.25) is 0 Å². The van der Waals surface area contributed by atoms with Crippen LogP contribution >= 0.6 is 0 Å². The number of fused-ring (bicyclic) bond motifs is 1. The van der Waals surface area contributed by atoms with Gasteiger partial charge in [-0.25, -0.2) is 13.9 Å². The molecule has 0 spiro atoms. The van der Waals surface area contributed by atoms with E-state index in [2.05, 4.69) is 10.1 Å². The lowest BCUT2D eigenvalue weighted by atomic mass is 9.69. The summed E-state index contributed by atoms with van der Waals surface area (Å²) in [5.74, 6) is -1.96. The number of carbonyl (C=O) groups excluding carboxylic acids is 2. The maximum Gasteiger partial charge on any atom is 0.417 e. The van der Waals surface area contributed by atoms with Gasteiger partial charge in [-0.3, -0.25) is 9.59 Å². The third-order valence-electron chi connectivity index (χ3n) is 8.25. The van der Waals surface area contributed by atoms with Crippen molar-refractivity contribution in [1.29, 1.82) is 0 Å². The van der Waals surface area contributed by atoms with Gasteiger partial charge in [-0.2, -0.15) is 18.3 Å². The van der Waals surface area contributed by atoms with Gasteiger partial charge in [-0.05, 0) is 69.4 Å². The Morgan fingerprint density at radius 3 is 2.39 bits per heavy atom. The molecule has 0 radical (unpaired) electrons. The van der Waals surface area contributed by atoms with Crippen LogP contribution in [0.4, 0.5) is 17.6 Å². The Morgan fingerprint density at radius 2 is 1.80 bits per heavy atom. The molecule has 1 saturated heterocycles. The normalized spacial score (nSPS) is 22.8. The number of aryl methyl sites for hydroxylation is 1. The van der Waals surface area contributed by atoms with Crippen LogP contribution < -0.4 is 0 Å². The molecule has 1 aromatic carbocycles. The fourth-order valence-electron chi connectivity index (χ4n) is 5.75. The van der Waals surface area contributed by atoms with Crippen LogP contribution in [0.15, 0.2) is 30.5 Å². The zero-order valence-corrected chi connectivity index (χ0v) is 23.6. The lowest BCUT2D eigenvalue weighted by Gasteiger charge is -2.50. The van der Waals surface area contributed by atoms with Crippen molar-refractivity contribution < 1.29 is 32.3 Å². The van der Waals surface area contributed by atoms with E-state index < -0.39 is 42.0 Å². The average Bonchev–Trinajstić information content (AvgIpc) is 3.30. The molecule has 0 atom stereocenters. The largest absolute Gasteiger partial charge is 0.417 e. The second-order valence-corrected chi connectivity index (χ2v) is 12.2. The van der Waals surface area contributed by atoms with Crippen LogP contribution in [0, 0.1) is 18.7 Å². The summed E-state index contributed by atoms with van der Waals surface area (Å²) in [6, 6.07) is 6.65. The van der Waals surface area contributed by atoms with Gasteiger partial charge in [-0.15, -0.1) is 0 Å². The lowest BCUT2D eigenvalue weighted by Crippen LogP contribution is -2.65. The van der Waals surface area contributed by atoms with Crippen LogP contribution in [-0.2, 0) is 4.79 Å². The van der Waals surface area contributed by atoms with E-state index in [-0.39, 0.29) is 43.0 Å². The molecule has 1 aliphatic heterocycles. The van der Waals surface area contributed by atoms with Crippen molar-refractivity contribution in [3.05, 3.63) is 53.1 Å². The van der Waals surface area contributed by atoms with E-state index >= 15 is 0 Å². The molecule has 41 heavy (non-hydrogen) atoms. The SMILES string of the molecule is Cc1cc(-c2cc(C(C)C)c3nc(C(=O)N4CCN(C(=O)C5CC(O)(C(F)(F)F)C5)CC4(C)C)cn3n2)ccc1F. The van der Waals surface area contributed by atoms with Crippen LogP contribution in [-0.4, -0.2) is 78.3 Å². The van der Waals surface area contributed by atoms with Crippen LogP contribution in [0.25, 0.3) is 16.9 Å². The fourth-order valence-corrected chi connectivity index (χ4v) is 5.75. The van der Waals surface area contributed by atoms with Crippen molar-refractivity contribution in [2.24, 2.45) is 5.92 Å². The van der Waals surface area contributed by atoms with Crippen molar-refractivity contribution >= 4 is 17.5 Å². The molecule has 1 saturated carbocycles. The number of rotatable bonds is 4. The minimum absolute atomic E-state index is 0.0543. The van der Waals surface area contributed by atoms with Gasteiger partial charge in [0.2, 0.25) is 5.91 Å². The smallest absolute Gasteiger partial charge is 0.380 e. The van der Waals surface area contributed by atoms with Crippen molar-refractivity contribution in [2.45, 2.75) is 70.7 Å². The van der Waals surface area contributed by atoms with Gasteiger partial charge in [0.05, 0.1) is 17.4 Å². The molecule has 3 aromatic rings. The highest BCUT2D eigenvalue weighted by molar-refractivity contribution is 5.94.